The van der Waals surface area contributed by atoms with E-state index in [9.17, 15) is 4.57 Å². The Labute approximate surface area is 84.1 Å². The van der Waals surface area contributed by atoms with Crippen LogP contribution in [0.2, 0.25) is 0 Å². The van der Waals surface area contributed by atoms with Crippen molar-refractivity contribution in [1.82, 2.24) is 4.90 Å². The van der Waals surface area contributed by atoms with Crippen molar-refractivity contribution in [2.45, 2.75) is 6.92 Å². The van der Waals surface area contributed by atoms with Crippen LogP contribution < -0.4 is 5.30 Å². The van der Waals surface area contributed by atoms with Crippen LogP contribution in [0.4, 0.5) is 0 Å². The minimum Gasteiger partial charge on any atom is -0.308 e. The Morgan fingerprint density at radius 1 is 1.43 bits per heavy atom. The fourth-order valence-corrected chi connectivity index (χ4v) is 3.70. The molecule has 0 aliphatic carbocycles. The molecule has 0 N–H and O–H groups in total. The fourth-order valence-electron chi connectivity index (χ4n) is 1.52. The average molecular weight is 211 g/mol. The molecule has 1 aromatic rings. The van der Waals surface area contributed by atoms with Gasteiger partial charge in [-0.3, -0.25) is 9.46 Å². The molecule has 1 saturated heterocycles. The van der Waals surface area contributed by atoms with Crippen molar-refractivity contribution >= 4 is 12.7 Å². The Bertz CT molecular complexity index is 352. The van der Waals surface area contributed by atoms with E-state index in [-0.39, 0.29) is 0 Å². The van der Waals surface area contributed by atoms with E-state index in [1.54, 1.807) is 0 Å². The Kier molecular flexibility index (Phi) is 2.73. The normalized spacial score (nSPS) is 28.1. The van der Waals surface area contributed by atoms with Crippen LogP contribution in [0.25, 0.3) is 0 Å². The third-order valence-electron chi connectivity index (χ3n) is 2.43. The average Bonchev–Trinajstić information content (AvgIpc) is 2.63. The summed E-state index contributed by atoms with van der Waals surface area (Å²) < 4.78 is 17.7. The highest BCUT2D eigenvalue weighted by atomic mass is 31.2. The van der Waals surface area contributed by atoms with E-state index in [1.807, 2.05) is 42.2 Å². The molecule has 4 heteroatoms. The van der Waals surface area contributed by atoms with Gasteiger partial charge in [-0.2, -0.15) is 0 Å². The molecule has 1 aliphatic rings. The first-order chi connectivity index (χ1) is 6.74. The second-order valence-corrected chi connectivity index (χ2v) is 5.80. The van der Waals surface area contributed by atoms with Gasteiger partial charge >= 0.3 is 0 Å². The Morgan fingerprint density at radius 2 is 2.14 bits per heavy atom. The Hall–Kier alpha value is -0.630. The minimum absolute atomic E-state index is 0.489. The maximum absolute atomic E-state index is 12.3. The molecule has 1 unspecified atom stereocenters. The van der Waals surface area contributed by atoms with Crippen LogP contribution >= 0.6 is 7.37 Å². The first-order valence-corrected chi connectivity index (χ1v) is 6.57. The molecule has 0 bridgehead atoms. The molecule has 14 heavy (non-hydrogen) atoms. The van der Waals surface area contributed by atoms with Gasteiger partial charge in [0.25, 0.3) is 0 Å². The smallest absolute Gasteiger partial charge is 0.247 e. The van der Waals surface area contributed by atoms with Crippen LogP contribution in [0, 0.1) is 0 Å². The van der Waals surface area contributed by atoms with E-state index in [2.05, 4.69) is 0 Å². The minimum atomic E-state index is -2.57. The number of nitrogens with zero attached hydrogens (tertiary/aromatic N) is 1. The second-order valence-electron chi connectivity index (χ2n) is 3.40. The lowest BCUT2D eigenvalue weighted by Gasteiger charge is -2.10. The molecule has 0 radical (unpaired) electrons. The number of hydrogen-bond acceptors (Lipinski definition) is 3. The van der Waals surface area contributed by atoms with E-state index in [1.165, 1.54) is 0 Å². The van der Waals surface area contributed by atoms with Crippen LogP contribution in [-0.4, -0.2) is 24.5 Å². The number of benzene rings is 1. The molecular weight excluding hydrogens is 197 g/mol. The van der Waals surface area contributed by atoms with Gasteiger partial charge in [0.1, 0.15) is 6.73 Å². The van der Waals surface area contributed by atoms with Crippen LogP contribution in [0.3, 0.4) is 0 Å². The van der Waals surface area contributed by atoms with Crippen LogP contribution in [-0.2, 0) is 9.09 Å². The largest absolute Gasteiger partial charge is 0.308 e. The van der Waals surface area contributed by atoms with Crippen molar-refractivity contribution < 1.29 is 9.09 Å². The Balaban J connectivity index is 2.23. The van der Waals surface area contributed by atoms with Gasteiger partial charge in [-0.1, -0.05) is 25.1 Å². The summed E-state index contributed by atoms with van der Waals surface area (Å²) in [5.41, 5.74) is 0. The highest BCUT2D eigenvalue weighted by Crippen LogP contribution is 2.50. The number of rotatable bonds is 2. The van der Waals surface area contributed by atoms with Crippen LogP contribution in [0.15, 0.2) is 30.3 Å². The molecule has 76 valence electrons. The van der Waals surface area contributed by atoms with Crippen molar-refractivity contribution in [1.29, 1.82) is 0 Å². The monoisotopic (exact) mass is 211 g/mol. The van der Waals surface area contributed by atoms with E-state index >= 15 is 0 Å². The molecule has 2 rings (SSSR count). The molecular formula is C10H14NO2P. The molecule has 0 amide bonds. The zero-order chi connectivity index (χ0) is 10.0. The lowest BCUT2D eigenvalue weighted by atomic mass is 10.4. The molecule has 1 heterocycles. The summed E-state index contributed by atoms with van der Waals surface area (Å²) in [5.74, 6) is 0. The van der Waals surface area contributed by atoms with E-state index in [0.717, 1.165) is 11.8 Å². The summed E-state index contributed by atoms with van der Waals surface area (Å²) in [7, 11) is -2.57. The molecule has 1 atom stereocenters. The Morgan fingerprint density at radius 3 is 2.71 bits per heavy atom. The first-order valence-electron chi connectivity index (χ1n) is 4.76. The molecule has 1 aromatic carbocycles. The van der Waals surface area contributed by atoms with E-state index < -0.39 is 7.37 Å². The van der Waals surface area contributed by atoms with Gasteiger partial charge < -0.3 is 4.52 Å². The molecule has 1 aliphatic heterocycles. The van der Waals surface area contributed by atoms with Gasteiger partial charge in [0.2, 0.25) is 7.37 Å². The SMILES string of the molecule is CCN1COP(=O)(c2ccccc2)C1. The number of hydrogen-bond donors (Lipinski definition) is 0. The maximum Gasteiger partial charge on any atom is 0.247 e. The third kappa shape index (κ3) is 1.76. The van der Waals surface area contributed by atoms with Gasteiger partial charge in [-0.15, -0.1) is 0 Å². The molecule has 0 saturated carbocycles. The summed E-state index contributed by atoms with van der Waals surface area (Å²) in [4.78, 5) is 2.05. The maximum atomic E-state index is 12.3. The zero-order valence-electron chi connectivity index (χ0n) is 8.22. The lowest BCUT2D eigenvalue weighted by molar-refractivity contribution is 0.206. The van der Waals surface area contributed by atoms with Crippen molar-refractivity contribution in [3.05, 3.63) is 30.3 Å². The van der Waals surface area contributed by atoms with Gasteiger partial charge in [0.05, 0.1) is 6.29 Å². The predicted molar refractivity (Wildman–Crippen MR) is 56.9 cm³/mol. The summed E-state index contributed by atoms with van der Waals surface area (Å²) in [6.07, 6.45) is 0.549. The van der Waals surface area contributed by atoms with Crippen molar-refractivity contribution in [2.75, 3.05) is 19.6 Å². The van der Waals surface area contributed by atoms with Gasteiger partial charge in [0, 0.05) is 5.30 Å². The topological polar surface area (TPSA) is 29.5 Å². The standard InChI is InChI=1S/C10H14NO2P/c1-2-11-8-13-14(12,9-11)10-6-4-3-5-7-10/h3-7H,2,8-9H2,1H3. The van der Waals surface area contributed by atoms with E-state index in [0.29, 0.717) is 13.0 Å². The van der Waals surface area contributed by atoms with Crippen LogP contribution in [0.1, 0.15) is 6.92 Å². The predicted octanol–water partition coefficient (Wildman–Crippen LogP) is 1.86. The highest BCUT2D eigenvalue weighted by Gasteiger charge is 2.34. The summed E-state index contributed by atoms with van der Waals surface area (Å²) in [6, 6.07) is 9.46. The van der Waals surface area contributed by atoms with Crippen LogP contribution in [0.5, 0.6) is 0 Å². The van der Waals surface area contributed by atoms with Gasteiger partial charge in [-0.05, 0) is 18.7 Å². The lowest BCUT2D eigenvalue weighted by Crippen LogP contribution is -2.18. The van der Waals surface area contributed by atoms with Gasteiger partial charge in [-0.25, -0.2) is 0 Å². The van der Waals surface area contributed by atoms with E-state index in [4.69, 9.17) is 4.52 Å². The molecule has 3 nitrogen and oxygen atoms in total. The summed E-state index contributed by atoms with van der Waals surface area (Å²) >= 11 is 0. The van der Waals surface area contributed by atoms with Crippen molar-refractivity contribution in [3.63, 3.8) is 0 Å². The fraction of sp³-hybridized carbons (Fsp3) is 0.400. The quantitative estimate of drug-likeness (QED) is 0.699. The highest BCUT2D eigenvalue weighted by molar-refractivity contribution is 7.67. The molecule has 0 spiro atoms. The summed E-state index contributed by atoms with van der Waals surface area (Å²) in [6.45, 7) is 3.42. The zero-order valence-corrected chi connectivity index (χ0v) is 9.11. The first kappa shape index (κ1) is 9.91. The van der Waals surface area contributed by atoms with Crippen molar-refractivity contribution in [3.8, 4) is 0 Å². The van der Waals surface area contributed by atoms with Gasteiger partial charge in [0.15, 0.2) is 0 Å². The third-order valence-corrected chi connectivity index (χ3v) is 4.82. The molecule has 1 fully saturated rings. The second kappa shape index (κ2) is 3.85. The van der Waals surface area contributed by atoms with Crippen molar-refractivity contribution in [2.24, 2.45) is 0 Å². The summed E-state index contributed by atoms with van der Waals surface area (Å²) in [5, 5.41) is 0.830. The molecule has 0 aromatic heterocycles.